The molecule has 168 valence electrons. The first-order valence-electron chi connectivity index (χ1n) is 10.8. The molecule has 0 saturated carbocycles. The average Bonchev–Trinajstić information content (AvgIpc) is 3.19. The van der Waals surface area contributed by atoms with Crippen molar-refractivity contribution in [2.45, 2.75) is 78.0 Å². The van der Waals surface area contributed by atoms with Crippen LogP contribution in [0.15, 0.2) is 29.3 Å². The zero-order valence-electron chi connectivity index (χ0n) is 19.2. The highest BCUT2D eigenvalue weighted by Crippen LogP contribution is 2.38. The van der Waals surface area contributed by atoms with E-state index in [0.29, 0.717) is 18.6 Å². The van der Waals surface area contributed by atoms with E-state index in [0.717, 1.165) is 11.1 Å². The number of aryl methyl sites for hydroxylation is 1. The van der Waals surface area contributed by atoms with Gasteiger partial charge in [0.1, 0.15) is 6.04 Å². The minimum Gasteiger partial charge on any atom is -0.391 e. The molecule has 3 rings (SSSR count). The molecule has 1 aromatic rings. The van der Waals surface area contributed by atoms with Crippen molar-refractivity contribution >= 4 is 23.4 Å². The Kier molecular flexibility index (Phi) is 6.11. The molecule has 0 radical (unpaired) electrons. The van der Waals surface area contributed by atoms with Crippen molar-refractivity contribution in [3.8, 4) is 0 Å². The molecule has 1 saturated heterocycles. The van der Waals surface area contributed by atoms with E-state index in [4.69, 9.17) is 0 Å². The van der Waals surface area contributed by atoms with E-state index in [2.05, 4.69) is 10.3 Å². The van der Waals surface area contributed by atoms with E-state index in [1.165, 1.54) is 6.92 Å². The fourth-order valence-electron chi connectivity index (χ4n) is 4.46. The standard InChI is InChI=1S/C24H33N3O4/c1-14-7-9-16(10-8-14)24(6)12-18(26-22(24)31)19-11-17(29)13-27(19)21(30)20(23(3,4)5)25-15(2)28/h7-10,17,19-20,29H,11-13H2,1-6H3,(H,25,28)/t17-,19-,20-,24+/m1/s1. The van der Waals surface area contributed by atoms with Crippen LogP contribution in [-0.4, -0.2) is 58.2 Å². The van der Waals surface area contributed by atoms with Crippen LogP contribution < -0.4 is 5.32 Å². The highest BCUT2D eigenvalue weighted by molar-refractivity contribution is 6.11. The lowest BCUT2D eigenvalue weighted by Crippen LogP contribution is -2.56. The molecule has 2 N–H and O–H groups in total. The Balaban J connectivity index is 1.88. The van der Waals surface area contributed by atoms with Gasteiger partial charge in [-0.25, -0.2) is 4.99 Å². The van der Waals surface area contributed by atoms with Crippen LogP contribution in [0.25, 0.3) is 0 Å². The van der Waals surface area contributed by atoms with Gasteiger partial charge in [-0.2, -0.15) is 0 Å². The van der Waals surface area contributed by atoms with Crippen molar-refractivity contribution in [1.82, 2.24) is 10.2 Å². The van der Waals surface area contributed by atoms with Gasteiger partial charge in [-0.15, -0.1) is 0 Å². The lowest BCUT2D eigenvalue weighted by Gasteiger charge is -2.35. The number of amides is 3. The zero-order chi connectivity index (χ0) is 23.1. The van der Waals surface area contributed by atoms with Gasteiger partial charge in [0, 0.05) is 32.0 Å². The van der Waals surface area contributed by atoms with Gasteiger partial charge in [0.15, 0.2) is 0 Å². The number of hydrogen-bond donors (Lipinski definition) is 2. The van der Waals surface area contributed by atoms with E-state index < -0.39 is 29.0 Å². The van der Waals surface area contributed by atoms with Crippen LogP contribution >= 0.6 is 0 Å². The smallest absolute Gasteiger partial charge is 0.256 e. The zero-order valence-corrected chi connectivity index (χ0v) is 19.2. The molecule has 0 aromatic heterocycles. The minimum atomic E-state index is -0.785. The molecular weight excluding hydrogens is 394 g/mol. The van der Waals surface area contributed by atoms with Crippen molar-refractivity contribution in [2.75, 3.05) is 6.54 Å². The molecule has 0 spiro atoms. The van der Waals surface area contributed by atoms with Crippen molar-refractivity contribution in [1.29, 1.82) is 0 Å². The summed E-state index contributed by atoms with van der Waals surface area (Å²) < 4.78 is 0. The summed E-state index contributed by atoms with van der Waals surface area (Å²) in [5.74, 6) is -0.775. The molecule has 0 aliphatic carbocycles. The summed E-state index contributed by atoms with van der Waals surface area (Å²) in [5.41, 5.74) is 1.33. The van der Waals surface area contributed by atoms with Gasteiger partial charge in [0.05, 0.1) is 17.6 Å². The number of carbonyl (C=O) groups is 3. The molecular formula is C24H33N3O4. The normalized spacial score (nSPS) is 27.3. The Bertz CT molecular complexity index is 916. The fraction of sp³-hybridized carbons (Fsp3) is 0.583. The van der Waals surface area contributed by atoms with Crippen LogP contribution in [-0.2, 0) is 19.8 Å². The molecule has 2 aliphatic rings. The number of nitrogens with zero attached hydrogens (tertiary/aromatic N) is 2. The molecule has 0 unspecified atom stereocenters. The molecule has 2 heterocycles. The summed E-state index contributed by atoms with van der Waals surface area (Å²) in [6.07, 6.45) is 0.0331. The summed E-state index contributed by atoms with van der Waals surface area (Å²) in [6, 6.07) is 6.65. The van der Waals surface area contributed by atoms with Crippen molar-refractivity contribution in [3.63, 3.8) is 0 Å². The number of aliphatic imine (C=N–C) groups is 1. The first-order valence-corrected chi connectivity index (χ1v) is 10.8. The molecule has 4 atom stereocenters. The Hall–Kier alpha value is -2.54. The SMILES string of the molecule is CC(=O)N[C@H](C(=O)N1C[C@H](O)C[C@@H]1C1=NC(=O)[C@](C)(c2ccc(C)cc2)C1)C(C)(C)C. The van der Waals surface area contributed by atoms with Crippen molar-refractivity contribution in [3.05, 3.63) is 35.4 Å². The Labute approximate surface area is 183 Å². The van der Waals surface area contributed by atoms with Gasteiger partial charge in [0.2, 0.25) is 11.8 Å². The minimum absolute atomic E-state index is 0.157. The Morgan fingerprint density at radius 2 is 1.87 bits per heavy atom. The molecule has 7 heteroatoms. The number of hydrogen-bond acceptors (Lipinski definition) is 4. The van der Waals surface area contributed by atoms with Gasteiger partial charge in [-0.05, 0) is 24.8 Å². The van der Waals surface area contributed by atoms with Crippen molar-refractivity contribution in [2.24, 2.45) is 10.4 Å². The summed E-state index contributed by atoms with van der Waals surface area (Å²) >= 11 is 0. The van der Waals surface area contributed by atoms with Crippen LogP contribution in [0.1, 0.15) is 58.6 Å². The number of nitrogens with one attached hydrogen (secondary N) is 1. The third-order valence-corrected chi connectivity index (χ3v) is 6.35. The maximum atomic E-state index is 13.5. The van der Waals surface area contributed by atoms with Gasteiger partial charge < -0.3 is 15.3 Å². The lowest BCUT2D eigenvalue weighted by atomic mass is 9.78. The number of carbonyl (C=O) groups excluding carboxylic acids is 3. The number of rotatable bonds is 4. The topological polar surface area (TPSA) is 99.1 Å². The van der Waals surface area contributed by atoms with Crippen LogP contribution in [0.5, 0.6) is 0 Å². The second-order valence-corrected chi connectivity index (χ2v) is 10.2. The summed E-state index contributed by atoms with van der Waals surface area (Å²) in [5, 5.41) is 13.1. The van der Waals surface area contributed by atoms with E-state index in [-0.39, 0.29) is 24.3 Å². The second-order valence-electron chi connectivity index (χ2n) is 10.2. The molecule has 3 amide bonds. The Morgan fingerprint density at radius 3 is 2.42 bits per heavy atom. The summed E-state index contributed by atoms with van der Waals surface area (Å²) in [4.78, 5) is 44.1. The van der Waals surface area contributed by atoms with E-state index in [1.54, 1.807) is 4.90 Å². The predicted molar refractivity (Wildman–Crippen MR) is 119 cm³/mol. The number of aliphatic hydroxyl groups is 1. The van der Waals surface area contributed by atoms with E-state index >= 15 is 0 Å². The molecule has 1 fully saturated rings. The highest BCUT2D eigenvalue weighted by atomic mass is 16.3. The molecule has 1 aromatic carbocycles. The monoisotopic (exact) mass is 427 g/mol. The van der Waals surface area contributed by atoms with Crippen LogP contribution in [0, 0.1) is 12.3 Å². The first kappa shape index (κ1) is 23.1. The van der Waals surface area contributed by atoms with Crippen LogP contribution in [0.3, 0.4) is 0 Å². The first-order chi connectivity index (χ1) is 14.3. The molecule has 2 aliphatic heterocycles. The average molecular weight is 428 g/mol. The second kappa shape index (κ2) is 8.19. The Morgan fingerprint density at radius 1 is 1.26 bits per heavy atom. The molecule has 0 bridgehead atoms. The highest BCUT2D eigenvalue weighted by Gasteiger charge is 2.49. The largest absolute Gasteiger partial charge is 0.391 e. The molecule has 31 heavy (non-hydrogen) atoms. The predicted octanol–water partition coefficient (Wildman–Crippen LogP) is 2.14. The quantitative estimate of drug-likeness (QED) is 0.769. The third-order valence-electron chi connectivity index (χ3n) is 6.35. The molecule has 7 nitrogen and oxygen atoms in total. The van der Waals surface area contributed by atoms with Crippen LogP contribution in [0.2, 0.25) is 0 Å². The van der Waals surface area contributed by atoms with E-state index in [1.807, 2.05) is 58.9 Å². The maximum absolute atomic E-state index is 13.5. The number of β-amino-alcohol motifs (C(OH)–C–C–N with tert-alkyl or cyclic N) is 1. The van der Waals surface area contributed by atoms with Gasteiger partial charge in [0.25, 0.3) is 5.91 Å². The maximum Gasteiger partial charge on any atom is 0.256 e. The number of likely N-dealkylation sites (tertiary alicyclic amines) is 1. The van der Waals surface area contributed by atoms with Crippen LogP contribution in [0.4, 0.5) is 0 Å². The number of benzene rings is 1. The summed E-state index contributed by atoms with van der Waals surface area (Å²) in [6.45, 7) is 11.1. The van der Waals surface area contributed by atoms with Gasteiger partial charge in [-0.1, -0.05) is 50.6 Å². The van der Waals surface area contributed by atoms with E-state index in [9.17, 15) is 19.5 Å². The third kappa shape index (κ3) is 4.56. The lowest BCUT2D eigenvalue weighted by molar-refractivity contribution is -0.139. The van der Waals surface area contributed by atoms with Gasteiger partial charge in [-0.3, -0.25) is 14.4 Å². The van der Waals surface area contributed by atoms with Crippen molar-refractivity contribution < 1.29 is 19.5 Å². The number of aliphatic hydroxyl groups excluding tert-OH is 1. The summed E-state index contributed by atoms with van der Waals surface area (Å²) in [7, 11) is 0. The fourth-order valence-corrected chi connectivity index (χ4v) is 4.46. The van der Waals surface area contributed by atoms with Gasteiger partial charge >= 0.3 is 0 Å².